The topological polar surface area (TPSA) is 68.9 Å². The molecule has 0 aliphatic carbocycles. The SMILES string of the molecule is CCCCCCCCCCOc1c(O)c(=O)oc2c(OCCCCCCCCCC)cccc12. The molecule has 1 heterocycles. The largest absolute Gasteiger partial charge is 0.499 e. The first-order chi connectivity index (χ1) is 16.7. The third kappa shape index (κ3) is 9.99. The summed E-state index contributed by atoms with van der Waals surface area (Å²) in [5.41, 5.74) is -0.447. The van der Waals surface area contributed by atoms with Gasteiger partial charge in [0.2, 0.25) is 5.75 Å². The van der Waals surface area contributed by atoms with Gasteiger partial charge in [-0.2, -0.15) is 0 Å². The van der Waals surface area contributed by atoms with Crippen molar-refractivity contribution in [2.45, 2.75) is 117 Å². The second-order valence-electron chi connectivity index (χ2n) is 9.35. The van der Waals surface area contributed by atoms with Gasteiger partial charge in [0.15, 0.2) is 17.1 Å². The van der Waals surface area contributed by atoms with E-state index in [9.17, 15) is 9.90 Å². The normalized spacial score (nSPS) is 11.2. The lowest BCUT2D eigenvalue weighted by molar-refractivity contribution is 0.282. The van der Waals surface area contributed by atoms with Crippen LogP contribution >= 0.6 is 0 Å². The van der Waals surface area contributed by atoms with E-state index in [2.05, 4.69) is 13.8 Å². The van der Waals surface area contributed by atoms with Gasteiger partial charge in [0, 0.05) is 0 Å². The molecule has 0 unspecified atom stereocenters. The number of ether oxygens (including phenoxy) is 2. The molecule has 0 amide bonds. The molecule has 0 radical (unpaired) electrons. The summed E-state index contributed by atoms with van der Waals surface area (Å²) in [6, 6.07) is 5.44. The zero-order chi connectivity index (χ0) is 24.4. The summed E-state index contributed by atoms with van der Waals surface area (Å²) >= 11 is 0. The van der Waals surface area contributed by atoms with Gasteiger partial charge in [-0.05, 0) is 25.0 Å². The summed E-state index contributed by atoms with van der Waals surface area (Å²) in [6.07, 6.45) is 19.5. The van der Waals surface area contributed by atoms with E-state index in [0.717, 1.165) is 25.7 Å². The summed E-state index contributed by atoms with van der Waals surface area (Å²) in [4.78, 5) is 12.2. The molecule has 34 heavy (non-hydrogen) atoms. The van der Waals surface area contributed by atoms with Crippen molar-refractivity contribution >= 4 is 11.0 Å². The number of fused-ring (bicyclic) bond motifs is 1. The maximum atomic E-state index is 12.2. The predicted molar refractivity (Wildman–Crippen MR) is 140 cm³/mol. The molecular formula is C29H46O5. The molecule has 0 bridgehead atoms. The van der Waals surface area contributed by atoms with E-state index in [1.165, 1.54) is 77.0 Å². The molecule has 0 saturated carbocycles. The van der Waals surface area contributed by atoms with Crippen LogP contribution in [0.4, 0.5) is 0 Å². The third-order valence-corrected chi connectivity index (χ3v) is 6.33. The highest BCUT2D eigenvalue weighted by molar-refractivity contribution is 5.89. The molecule has 192 valence electrons. The predicted octanol–water partition coefficient (Wildman–Crippen LogP) is 8.54. The number of aromatic hydroxyl groups is 1. The van der Waals surface area contributed by atoms with Crippen molar-refractivity contribution in [2.75, 3.05) is 13.2 Å². The minimum absolute atomic E-state index is 0.201. The Morgan fingerprint density at radius 3 is 1.76 bits per heavy atom. The molecule has 0 aliphatic heterocycles. The zero-order valence-electron chi connectivity index (χ0n) is 21.5. The quantitative estimate of drug-likeness (QED) is 0.154. The first-order valence-corrected chi connectivity index (χ1v) is 13.7. The standard InChI is InChI=1S/C29H46O5/c1-3-5-7-9-11-13-15-17-22-32-25-21-19-20-24-27(25)34-29(31)26(30)28(24)33-23-18-16-14-12-10-8-6-4-2/h19-21,30H,3-18,22-23H2,1-2H3. The van der Waals surface area contributed by atoms with Gasteiger partial charge in [-0.25, -0.2) is 4.79 Å². The van der Waals surface area contributed by atoms with Gasteiger partial charge >= 0.3 is 5.63 Å². The summed E-state index contributed by atoms with van der Waals surface area (Å²) in [5.74, 6) is 0.258. The van der Waals surface area contributed by atoms with Crippen LogP contribution in [0.25, 0.3) is 11.0 Å². The van der Waals surface area contributed by atoms with Gasteiger partial charge in [0.1, 0.15) is 0 Å². The number of para-hydroxylation sites is 1. The molecule has 1 aromatic heterocycles. The van der Waals surface area contributed by atoms with Crippen LogP contribution in [0.15, 0.2) is 27.4 Å². The lowest BCUT2D eigenvalue weighted by atomic mass is 10.1. The second-order valence-corrected chi connectivity index (χ2v) is 9.35. The van der Waals surface area contributed by atoms with Gasteiger partial charge in [-0.15, -0.1) is 0 Å². The van der Waals surface area contributed by atoms with Crippen molar-refractivity contribution in [1.82, 2.24) is 0 Å². The van der Waals surface area contributed by atoms with Crippen LogP contribution in [-0.2, 0) is 0 Å². The fourth-order valence-electron chi connectivity index (χ4n) is 4.25. The molecule has 0 aliphatic rings. The highest BCUT2D eigenvalue weighted by Crippen LogP contribution is 2.36. The smallest absolute Gasteiger partial charge is 0.382 e. The summed E-state index contributed by atoms with van der Waals surface area (Å²) < 4.78 is 17.2. The fourth-order valence-corrected chi connectivity index (χ4v) is 4.25. The van der Waals surface area contributed by atoms with Crippen molar-refractivity contribution < 1.29 is 19.0 Å². The third-order valence-electron chi connectivity index (χ3n) is 6.33. The molecule has 5 heteroatoms. The van der Waals surface area contributed by atoms with E-state index < -0.39 is 11.4 Å². The highest BCUT2D eigenvalue weighted by Gasteiger charge is 2.18. The minimum atomic E-state index is -0.790. The van der Waals surface area contributed by atoms with Crippen molar-refractivity contribution in [1.29, 1.82) is 0 Å². The number of hydrogen-bond acceptors (Lipinski definition) is 5. The molecule has 2 aromatic rings. The summed E-state index contributed by atoms with van der Waals surface area (Å²) in [5, 5.41) is 10.9. The summed E-state index contributed by atoms with van der Waals surface area (Å²) in [7, 11) is 0. The Balaban J connectivity index is 1.83. The van der Waals surface area contributed by atoms with Crippen molar-refractivity contribution in [3.63, 3.8) is 0 Å². The molecule has 0 saturated heterocycles. The lowest BCUT2D eigenvalue weighted by Crippen LogP contribution is -2.06. The average molecular weight is 475 g/mol. The molecule has 0 atom stereocenters. The number of unbranched alkanes of at least 4 members (excludes halogenated alkanes) is 14. The zero-order valence-corrected chi connectivity index (χ0v) is 21.5. The fraction of sp³-hybridized carbons (Fsp3) is 0.690. The first kappa shape index (κ1) is 28.1. The molecule has 2 rings (SSSR count). The minimum Gasteiger partial charge on any atom is -0.499 e. The molecule has 1 N–H and O–H groups in total. The van der Waals surface area contributed by atoms with Gasteiger partial charge in [0.05, 0.1) is 18.6 Å². The van der Waals surface area contributed by atoms with Crippen LogP contribution < -0.4 is 15.1 Å². The van der Waals surface area contributed by atoms with Gasteiger partial charge in [-0.1, -0.05) is 110 Å². The van der Waals surface area contributed by atoms with Crippen molar-refractivity contribution in [3.8, 4) is 17.2 Å². The van der Waals surface area contributed by atoms with Crippen LogP contribution in [0, 0.1) is 0 Å². The van der Waals surface area contributed by atoms with E-state index >= 15 is 0 Å². The van der Waals surface area contributed by atoms with Crippen LogP contribution in [0.1, 0.15) is 117 Å². The van der Waals surface area contributed by atoms with Crippen LogP contribution in [0.2, 0.25) is 0 Å². The van der Waals surface area contributed by atoms with Gasteiger partial charge in [0.25, 0.3) is 0 Å². The van der Waals surface area contributed by atoms with Gasteiger partial charge in [-0.3, -0.25) is 0 Å². The number of rotatable bonds is 20. The Bertz CT molecular complexity index is 857. The Morgan fingerprint density at radius 2 is 1.21 bits per heavy atom. The Hall–Kier alpha value is -2.17. The van der Waals surface area contributed by atoms with Gasteiger partial charge < -0.3 is 19.0 Å². The van der Waals surface area contributed by atoms with E-state index in [1.54, 1.807) is 12.1 Å². The molecule has 0 spiro atoms. The lowest BCUT2D eigenvalue weighted by Gasteiger charge is -2.13. The maximum Gasteiger partial charge on any atom is 0.382 e. The van der Waals surface area contributed by atoms with Crippen LogP contribution in [-0.4, -0.2) is 18.3 Å². The van der Waals surface area contributed by atoms with Crippen molar-refractivity contribution in [3.05, 3.63) is 28.6 Å². The Labute approximate surface area is 205 Å². The molecule has 1 aromatic carbocycles. The highest BCUT2D eigenvalue weighted by atomic mass is 16.5. The van der Waals surface area contributed by atoms with E-state index in [0.29, 0.717) is 29.9 Å². The van der Waals surface area contributed by atoms with Crippen LogP contribution in [0.3, 0.4) is 0 Å². The summed E-state index contributed by atoms with van der Waals surface area (Å²) in [6.45, 7) is 5.50. The second kappa shape index (κ2) is 17.3. The Kier molecular flexibility index (Phi) is 14.3. The number of hydrogen-bond donors (Lipinski definition) is 1. The number of benzene rings is 1. The molecular weight excluding hydrogens is 428 g/mol. The molecule has 0 fully saturated rings. The van der Waals surface area contributed by atoms with E-state index in [4.69, 9.17) is 13.9 Å². The maximum absolute atomic E-state index is 12.2. The van der Waals surface area contributed by atoms with E-state index in [-0.39, 0.29) is 5.75 Å². The van der Waals surface area contributed by atoms with Crippen molar-refractivity contribution in [2.24, 2.45) is 0 Å². The van der Waals surface area contributed by atoms with Crippen LogP contribution in [0.5, 0.6) is 17.2 Å². The first-order valence-electron chi connectivity index (χ1n) is 13.7. The Morgan fingerprint density at radius 1 is 0.706 bits per heavy atom. The monoisotopic (exact) mass is 474 g/mol. The van der Waals surface area contributed by atoms with E-state index in [1.807, 2.05) is 6.07 Å². The molecule has 5 nitrogen and oxygen atoms in total. The average Bonchev–Trinajstić information content (AvgIpc) is 2.84.